The lowest BCUT2D eigenvalue weighted by Gasteiger charge is -2.24. The van der Waals surface area contributed by atoms with E-state index in [0.717, 1.165) is 23.4 Å². The minimum absolute atomic E-state index is 0.0665. The molecule has 4 rings (SSSR count). The van der Waals surface area contributed by atoms with Gasteiger partial charge in [0.1, 0.15) is 5.82 Å². The van der Waals surface area contributed by atoms with Crippen LogP contribution in [0.3, 0.4) is 0 Å². The number of fused-ring (bicyclic) bond motifs is 1. The van der Waals surface area contributed by atoms with E-state index in [2.05, 4.69) is 34.2 Å². The van der Waals surface area contributed by atoms with E-state index in [4.69, 9.17) is 0 Å². The van der Waals surface area contributed by atoms with Crippen molar-refractivity contribution in [2.24, 2.45) is 0 Å². The third kappa shape index (κ3) is 2.93. The Bertz CT molecular complexity index is 887. The molecule has 1 aliphatic heterocycles. The fourth-order valence-electron chi connectivity index (χ4n) is 3.40. The summed E-state index contributed by atoms with van der Waals surface area (Å²) in [5.41, 5.74) is 3.05. The molecule has 0 unspecified atom stereocenters. The standard InChI is InChI=1S/C20H20N4O/c1-2-17(24-13-15-10-6-7-11-16(15)20(24)25)19-21-18(22-23-19)12-14-8-4-3-5-9-14/h3-11,17H,2,12-13H2,1H3,(H,21,22,23)/t17-/m0/s1. The maximum atomic E-state index is 12.7. The van der Waals surface area contributed by atoms with Gasteiger partial charge in [-0.25, -0.2) is 4.98 Å². The van der Waals surface area contributed by atoms with Gasteiger partial charge in [0.25, 0.3) is 5.91 Å². The van der Waals surface area contributed by atoms with Crippen molar-refractivity contribution in [2.45, 2.75) is 32.4 Å². The van der Waals surface area contributed by atoms with Gasteiger partial charge < -0.3 is 4.90 Å². The predicted molar refractivity (Wildman–Crippen MR) is 95.0 cm³/mol. The SMILES string of the molecule is CC[C@@H](c1n[nH]c(Cc2ccccc2)n1)N1Cc2ccccc2C1=O. The van der Waals surface area contributed by atoms with E-state index in [-0.39, 0.29) is 11.9 Å². The molecule has 0 spiro atoms. The van der Waals surface area contributed by atoms with E-state index in [1.807, 2.05) is 47.4 Å². The lowest BCUT2D eigenvalue weighted by molar-refractivity contribution is 0.0687. The molecule has 0 radical (unpaired) electrons. The molecule has 1 atom stereocenters. The second-order valence-corrected chi connectivity index (χ2v) is 6.32. The Morgan fingerprint density at radius 1 is 1.12 bits per heavy atom. The number of carbonyl (C=O) groups is 1. The quantitative estimate of drug-likeness (QED) is 0.778. The van der Waals surface area contributed by atoms with Gasteiger partial charge in [-0.3, -0.25) is 9.89 Å². The van der Waals surface area contributed by atoms with Crippen LogP contribution in [-0.4, -0.2) is 26.0 Å². The number of nitrogens with zero attached hydrogens (tertiary/aromatic N) is 3. The number of aromatic amines is 1. The average Bonchev–Trinajstić information content (AvgIpc) is 3.23. The second kappa shape index (κ2) is 6.51. The third-order valence-corrected chi connectivity index (χ3v) is 4.67. The number of carbonyl (C=O) groups excluding carboxylic acids is 1. The molecule has 1 amide bonds. The van der Waals surface area contributed by atoms with Gasteiger partial charge in [-0.15, -0.1) is 0 Å². The van der Waals surface area contributed by atoms with Crippen LogP contribution in [-0.2, 0) is 13.0 Å². The Hall–Kier alpha value is -2.95. The van der Waals surface area contributed by atoms with Crippen LogP contribution in [0.15, 0.2) is 54.6 Å². The number of rotatable bonds is 5. The number of hydrogen-bond donors (Lipinski definition) is 1. The number of hydrogen-bond acceptors (Lipinski definition) is 3. The first-order chi connectivity index (χ1) is 12.3. The smallest absolute Gasteiger partial charge is 0.255 e. The molecule has 1 aromatic heterocycles. The molecule has 1 N–H and O–H groups in total. The van der Waals surface area contributed by atoms with Crippen molar-refractivity contribution in [3.05, 3.63) is 82.9 Å². The monoisotopic (exact) mass is 332 g/mol. The minimum Gasteiger partial charge on any atom is -0.324 e. The summed E-state index contributed by atoms with van der Waals surface area (Å²) in [5, 5.41) is 7.42. The van der Waals surface area contributed by atoms with Crippen molar-refractivity contribution in [1.82, 2.24) is 20.1 Å². The van der Waals surface area contributed by atoms with Gasteiger partial charge in [-0.05, 0) is 23.6 Å². The number of H-pyrrole nitrogens is 1. The van der Waals surface area contributed by atoms with Gasteiger partial charge in [0.2, 0.25) is 0 Å². The Balaban J connectivity index is 1.56. The molecule has 1 aliphatic rings. The van der Waals surface area contributed by atoms with Crippen molar-refractivity contribution < 1.29 is 4.79 Å². The number of nitrogens with one attached hydrogen (secondary N) is 1. The van der Waals surface area contributed by atoms with Crippen molar-refractivity contribution in [3.63, 3.8) is 0 Å². The molecule has 2 heterocycles. The van der Waals surface area contributed by atoms with Gasteiger partial charge in [-0.1, -0.05) is 55.5 Å². The van der Waals surface area contributed by atoms with Gasteiger partial charge in [0.05, 0.1) is 6.04 Å². The largest absolute Gasteiger partial charge is 0.324 e. The zero-order valence-corrected chi connectivity index (χ0v) is 14.1. The van der Waals surface area contributed by atoms with E-state index in [0.29, 0.717) is 18.8 Å². The maximum Gasteiger partial charge on any atom is 0.255 e. The summed E-state index contributed by atoms with van der Waals surface area (Å²) < 4.78 is 0. The molecular weight excluding hydrogens is 312 g/mol. The topological polar surface area (TPSA) is 61.9 Å². The zero-order valence-electron chi connectivity index (χ0n) is 14.1. The molecule has 0 fully saturated rings. The van der Waals surface area contributed by atoms with E-state index in [1.54, 1.807) is 0 Å². The lowest BCUT2D eigenvalue weighted by Crippen LogP contribution is -2.29. The number of amides is 1. The summed E-state index contributed by atoms with van der Waals surface area (Å²) in [6, 6.07) is 17.8. The van der Waals surface area contributed by atoms with Crippen molar-refractivity contribution >= 4 is 5.91 Å². The summed E-state index contributed by atoms with van der Waals surface area (Å²) in [5.74, 6) is 1.58. The van der Waals surface area contributed by atoms with E-state index < -0.39 is 0 Å². The van der Waals surface area contributed by atoms with Crippen LogP contribution >= 0.6 is 0 Å². The Morgan fingerprint density at radius 2 is 1.88 bits per heavy atom. The minimum atomic E-state index is -0.110. The summed E-state index contributed by atoms with van der Waals surface area (Å²) in [6.45, 7) is 2.68. The van der Waals surface area contributed by atoms with Crippen molar-refractivity contribution in [2.75, 3.05) is 0 Å². The maximum absolute atomic E-state index is 12.7. The zero-order chi connectivity index (χ0) is 17.2. The summed E-state index contributed by atoms with van der Waals surface area (Å²) in [6.07, 6.45) is 1.49. The van der Waals surface area contributed by atoms with E-state index in [9.17, 15) is 4.79 Å². The molecule has 0 saturated carbocycles. The second-order valence-electron chi connectivity index (χ2n) is 6.32. The lowest BCUT2D eigenvalue weighted by atomic mass is 10.1. The third-order valence-electron chi connectivity index (χ3n) is 4.67. The van der Waals surface area contributed by atoms with Crippen LogP contribution < -0.4 is 0 Å². The number of aromatic nitrogens is 3. The fraction of sp³-hybridized carbons (Fsp3) is 0.250. The van der Waals surface area contributed by atoms with Gasteiger partial charge in [-0.2, -0.15) is 5.10 Å². The molecule has 126 valence electrons. The Morgan fingerprint density at radius 3 is 2.64 bits per heavy atom. The predicted octanol–water partition coefficient (Wildman–Crippen LogP) is 3.50. The summed E-state index contributed by atoms with van der Waals surface area (Å²) >= 11 is 0. The van der Waals surface area contributed by atoms with Gasteiger partial charge >= 0.3 is 0 Å². The first kappa shape index (κ1) is 15.6. The molecule has 0 aliphatic carbocycles. The molecule has 2 aromatic carbocycles. The Labute approximate surface area is 146 Å². The molecular formula is C20H20N4O. The fourth-order valence-corrected chi connectivity index (χ4v) is 3.40. The van der Waals surface area contributed by atoms with Crippen LogP contribution in [0, 0.1) is 0 Å². The Kier molecular flexibility index (Phi) is 4.06. The average molecular weight is 332 g/mol. The van der Waals surface area contributed by atoms with Crippen LogP contribution in [0.4, 0.5) is 0 Å². The summed E-state index contributed by atoms with van der Waals surface area (Å²) in [7, 11) is 0. The van der Waals surface area contributed by atoms with E-state index >= 15 is 0 Å². The molecule has 0 saturated heterocycles. The molecule has 0 bridgehead atoms. The van der Waals surface area contributed by atoms with Crippen LogP contribution in [0.1, 0.15) is 52.5 Å². The molecule has 5 heteroatoms. The van der Waals surface area contributed by atoms with Gasteiger partial charge in [0.15, 0.2) is 5.82 Å². The highest BCUT2D eigenvalue weighted by Gasteiger charge is 2.34. The van der Waals surface area contributed by atoms with Gasteiger partial charge in [0, 0.05) is 18.5 Å². The van der Waals surface area contributed by atoms with Crippen molar-refractivity contribution in [3.8, 4) is 0 Å². The normalized spacial score (nSPS) is 14.6. The summed E-state index contributed by atoms with van der Waals surface area (Å²) in [4.78, 5) is 19.3. The first-order valence-electron chi connectivity index (χ1n) is 8.60. The molecule has 5 nitrogen and oxygen atoms in total. The number of benzene rings is 2. The highest BCUT2D eigenvalue weighted by molar-refractivity contribution is 5.98. The highest BCUT2D eigenvalue weighted by atomic mass is 16.2. The molecule has 25 heavy (non-hydrogen) atoms. The van der Waals surface area contributed by atoms with Crippen LogP contribution in [0.25, 0.3) is 0 Å². The van der Waals surface area contributed by atoms with Crippen LogP contribution in [0.5, 0.6) is 0 Å². The molecule has 3 aromatic rings. The van der Waals surface area contributed by atoms with E-state index in [1.165, 1.54) is 5.56 Å². The first-order valence-corrected chi connectivity index (χ1v) is 8.60. The highest BCUT2D eigenvalue weighted by Crippen LogP contribution is 2.31. The van der Waals surface area contributed by atoms with Crippen molar-refractivity contribution in [1.29, 1.82) is 0 Å². The van der Waals surface area contributed by atoms with Crippen LogP contribution in [0.2, 0.25) is 0 Å².